The molecule has 0 bridgehead atoms. The summed E-state index contributed by atoms with van der Waals surface area (Å²) in [5, 5.41) is 10.8. The number of phenolic OH excluding ortho intramolecular Hbond substituents is 1. The molecular weight excluding hydrogens is 626 g/mol. The summed E-state index contributed by atoms with van der Waals surface area (Å²) >= 11 is 9.27. The lowest BCUT2D eigenvalue weighted by atomic mass is 9.61. The number of halogens is 2. The zero-order valence-electron chi connectivity index (χ0n) is 22.6. The average molecular weight is 651 g/mol. The van der Waals surface area contributed by atoms with Gasteiger partial charge in [-0.15, -0.1) is 0 Å². The Bertz CT molecular complexity index is 1660. The van der Waals surface area contributed by atoms with Crippen molar-refractivity contribution in [1.29, 1.82) is 0 Å². The van der Waals surface area contributed by atoms with Crippen LogP contribution < -0.4 is 14.4 Å². The number of imide groups is 1. The van der Waals surface area contributed by atoms with Gasteiger partial charge in [-0.25, -0.2) is 0 Å². The van der Waals surface area contributed by atoms with E-state index in [1.54, 1.807) is 42.5 Å². The fraction of sp³-hybridized carbons (Fsp3) is 0.250. The molecule has 1 heterocycles. The number of aromatic hydroxyl groups is 1. The van der Waals surface area contributed by atoms with Gasteiger partial charge in [0.2, 0.25) is 17.6 Å². The molecule has 0 radical (unpaired) electrons. The molecule has 4 atom stereocenters. The average Bonchev–Trinajstić information content (AvgIpc) is 3.24. The van der Waals surface area contributed by atoms with Crippen LogP contribution in [0, 0.1) is 23.7 Å². The van der Waals surface area contributed by atoms with Gasteiger partial charge in [-0.05, 0) is 76.7 Å². The molecule has 6 rings (SSSR count). The van der Waals surface area contributed by atoms with E-state index >= 15 is 0 Å². The van der Waals surface area contributed by atoms with Crippen LogP contribution in [0.2, 0.25) is 5.02 Å². The van der Waals surface area contributed by atoms with Crippen LogP contribution in [0.1, 0.15) is 18.4 Å². The molecule has 4 aliphatic rings. The minimum Gasteiger partial charge on any atom is -0.502 e. The summed E-state index contributed by atoms with van der Waals surface area (Å²) in [6.45, 7) is 0. The molecule has 2 amide bonds. The molecule has 10 heteroatoms. The highest BCUT2D eigenvalue weighted by molar-refractivity contribution is 9.12. The Hall–Kier alpha value is -3.95. The topological polar surface area (TPSA) is 110 Å². The molecule has 214 valence electrons. The lowest BCUT2D eigenvalue weighted by molar-refractivity contribution is -0.123. The zero-order chi connectivity index (χ0) is 29.9. The van der Waals surface area contributed by atoms with Crippen LogP contribution in [-0.2, 0) is 19.2 Å². The Morgan fingerprint density at radius 2 is 1.67 bits per heavy atom. The van der Waals surface area contributed by atoms with Crippen molar-refractivity contribution < 1.29 is 33.8 Å². The minimum absolute atomic E-state index is 0.140. The second-order valence-corrected chi connectivity index (χ2v) is 11.9. The van der Waals surface area contributed by atoms with Gasteiger partial charge in [-0.1, -0.05) is 35.4 Å². The maximum atomic E-state index is 13.9. The fourth-order valence-electron chi connectivity index (χ4n) is 6.55. The summed E-state index contributed by atoms with van der Waals surface area (Å²) in [7, 11) is 2.86. The highest BCUT2D eigenvalue weighted by atomic mass is 79.9. The van der Waals surface area contributed by atoms with E-state index in [0.29, 0.717) is 33.8 Å². The summed E-state index contributed by atoms with van der Waals surface area (Å²) in [6, 6.07) is 9.80. The Kier molecular flexibility index (Phi) is 7.19. The van der Waals surface area contributed by atoms with Crippen molar-refractivity contribution in [3.8, 4) is 17.2 Å². The van der Waals surface area contributed by atoms with E-state index in [-0.39, 0.29) is 51.5 Å². The SMILES string of the molecule is COc1cc(C=CC2C3=CCC4C(=O)N(c5ccc(Cl)cc5)C(=O)C4C3CC3=C2C(=O)C=C(Br)C3=O)cc(OC)c1O. The summed E-state index contributed by atoms with van der Waals surface area (Å²) in [4.78, 5) is 55.4. The Labute approximate surface area is 255 Å². The zero-order valence-corrected chi connectivity index (χ0v) is 24.9. The molecule has 8 nitrogen and oxygen atoms in total. The maximum Gasteiger partial charge on any atom is 0.238 e. The highest BCUT2D eigenvalue weighted by Crippen LogP contribution is 2.53. The number of nitrogens with zero attached hydrogens (tertiary/aromatic N) is 1. The van der Waals surface area contributed by atoms with Gasteiger partial charge in [0, 0.05) is 28.2 Å². The van der Waals surface area contributed by atoms with Gasteiger partial charge < -0.3 is 14.6 Å². The van der Waals surface area contributed by atoms with Crippen molar-refractivity contribution in [3.63, 3.8) is 0 Å². The van der Waals surface area contributed by atoms with Crippen molar-refractivity contribution >= 4 is 62.7 Å². The van der Waals surface area contributed by atoms with Crippen LogP contribution in [0.25, 0.3) is 6.08 Å². The van der Waals surface area contributed by atoms with Gasteiger partial charge in [0.15, 0.2) is 23.1 Å². The Morgan fingerprint density at radius 3 is 2.31 bits per heavy atom. The summed E-state index contributed by atoms with van der Waals surface area (Å²) in [5.41, 5.74) is 2.62. The summed E-state index contributed by atoms with van der Waals surface area (Å²) in [6.07, 6.45) is 7.32. The van der Waals surface area contributed by atoms with Gasteiger partial charge in [0.25, 0.3) is 0 Å². The van der Waals surface area contributed by atoms with Crippen molar-refractivity contribution in [3.05, 3.63) is 86.4 Å². The van der Waals surface area contributed by atoms with Gasteiger partial charge >= 0.3 is 0 Å². The van der Waals surface area contributed by atoms with Gasteiger partial charge in [0.05, 0.1) is 36.2 Å². The molecule has 0 aromatic heterocycles. The second kappa shape index (κ2) is 10.7. The lowest BCUT2D eigenvalue weighted by Crippen LogP contribution is -2.40. The van der Waals surface area contributed by atoms with Gasteiger partial charge in [0.1, 0.15) is 0 Å². The first kappa shape index (κ1) is 28.2. The Morgan fingerprint density at radius 1 is 1.00 bits per heavy atom. The first-order valence-corrected chi connectivity index (χ1v) is 14.5. The van der Waals surface area contributed by atoms with Crippen molar-refractivity contribution in [2.45, 2.75) is 12.8 Å². The molecule has 0 saturated carbocycles. The van der Waals surface area contributed by atoms with Crippen molar-refractivity contribution in [2.75, 3.05) is 19.1 Å². The number of ketones is 2. The van der Waals surface area contributed by atoms with E-state index in [1.807, 2.05) is 12.2 Å². The van der Waals surface area contributed by atoms with E-state index in [4.69, 9.17) is 21.1 Å². The van der Waals surface area contributed by atoms with E-state index in [1.165, 1.54) is 25.2 Å². The number of anilines is 1. The number of allylic oxidation sites excluding steroid dienone is 7. The van der Waals surface area contributed by atoms with E-state index < -0.39 is 23.7 Å². The first-order chi connectivity index (χ1) is 20.1. The number of amides is 2. The number of phenols is 1. The second-order valence-electron chi connectivity index (χ2n) is 10.6. The van der Waals surface area contributed by atoms with Gasteiger partial charge in [-0.3, -0.25) is 24.1 Å². The standard InChI is InChI=1S/C32H25BrClNO7/c1-41-25-11-15(12-26(42-2)30(25)38)3-8-19-18-9-10-20-28(21(18)13-22-27(19)24(36)14-23(33)29(22)37)32(40)35(31(20)39)17-6-4-16(34)5-7-17/h3-9,11-12,14,19-21,28,38H,10,13H2,1-2H3. The number of benzene rings is 2. The van der Waals surface area contributed by atoms with Crippen LogP contribution >= 0.6 is 27.5 Å². The number of carbonyl (C=O) groups is 4. The largest absolute Gasteiger partial charge is 0.502 e. The number of rotatable bonds is 5. The molecule has 1 N–H and O–H groups in total. The number of Topliss-reactive ketones (excluding diaryl/α,β-unsaturated/α-hetero) is 1. The predicted octanol–water partition coefficient (Wildman–Crippen LogP) is 5.58. The van der Waals surface area contributed by atoms with E-state index in [9.17, 15) is 24.3 Å². The summed E-state index contributed by atoms with van der Waals surface area (Å²) < 4.78 is 10.7. The monoisotopic (exact) mass is 649 g/mol. The molecule has 2 aromatic rings. The molecule has 1 saturated heterocycles. The molecule has 4 unspecified atom stereocenters. The maximum absolute atomic E-state index is 13.9. The number of hydrogen-bond donors (Lipinski definition) is 1. The Balaban J connectivity index is 1.43. The minimum atomic E-state index is -0.681. The third kappa shape index (κ3) is 4.42. The van der Waals surface area contributed by atoms with Gasteiger partial charge in [-0.2, -0.15) is 0 Å². The molecule has 42 heavy (non-hydrogen) atoms. The first-order valence-electron chi connectivity index (χ1n) is 13.3. The van der Waals surface area contributed by atoms with Crippen LogP contribution in [0.5, 0.6) is 17.2 Å². The number of fused-ring (bicyclic) bond motifs is 3. The number of ether oxygens (including phenoxy) is 2. The molecule has 1 aliphatic heterocycles. The van der Waals surface area contributed by atoms with Crippen LogP contribution in [0.15, 0.2) is 75.8 Å². The number of carbonyl (C=O) groups excluding carboxylic acids is 4. The molecule has 3 aliphatic carbocycles. The third-order valence-corrected chi connectivity index (χ3v) is 9.29. The molecule has 2 aromatic carbocycles. The van der Waals surface area contributed by atoms with Crippen molar-refractivity contribution in [1.82, 2.24) is 0 Å². The van der Waals surface area contributed by atoms with Crippen LogP contribution in [-0.4, -0.2) is 42.7 Å². The lowest BCUT2D eigenvalue weighted by Gasteiger charge is -2.41. The molecule has 0 spiro atoms. The van der Waals surface area contributed by atoms with E-state index in [0.717, 1.165) is 5.57 Å². The highest BCUT2D eigenvalue weighted by Gasteiger charge is 2.56. The predicted molar refractivity (Wildman–Crippen MR) is 160 cm³/mol. The smallest absolute Gasteiger partial charge is 0.238 e. The molecular formula is C32H25BrClNO7. The quantitative estimate of drug-likeness (QED) is 0.256. The van der Waals surface area contributed by atoms with E-state index in [2.05, 4.69) is 15.9 Å². The number of methoxy groups -OCH3 is 2. The summed E-state index contributed by atoms with van der Waals surface area (Å²) in [5.74, 6) is -3.24. The van der Waals surface area contributed by atoms with Crippen LogP contribution in [0.3, 0.4) is 0 Å². The fourth-order valence-corrected chi connectivity index (χ4v) is 7.12. The van der Waals surface area contributed by atoms with Crippen molar-refractivity contribution in [2.24, 2.45) is 23.7 Å². The normalized spacial score (nSPS) is 25.3. The van der Waals surface area contributed by atoms with Crippen LogP contribution in [0.4, 0.5) is 5.69 Å². The molecule has 1 fully saturated rings. The number of hydrogen-bond acceptors (Lipinski definition) is 7. The third-order valence-electron chi connectivity index (χ3n) is 8.45.